The zero-order valence-corrected chi connectivity index (χ0v) is 17.2. The van der Waals surface area contributed by atoms with Crippen molar-refractivity contribution in [2.45, 2.75) is 26.4 Å². The molecule has 154 valence electrons. The maximum absolute atomic E-state index is 14.5. The van der Waals surface area contributed by atoms with E-state index < -0.39 is 5.82 Å². The molecule has 3 aromatic rings. The Morgan fingerprint density at radius 3 is 2.87 bits per heavy atom. The maximum atomic E-state index is 14.5. The van der Waals surface area contributed by atoms with Crippen LogP contribution in [0.25, 0.3) is 0 Å². The van der Waals surface area contributed by atoms with Crippen LogP contribution in [-0.4, -0.2) is 23.3 Å². The van der Waals surface area contributed by atoms with Crippen LogP contribution >= 0.6 is 11.3 Å². The SMILES string of the molecule is Cc1nc(COc2cccc(C(=O)Nc3ccc(N4CCCC4=O)c(F)c3)c2)cs1. The molecule has 0 atom stereocenters. The minimum Gasteiger partial charge on any atom is -0.487 e. The van der Waals surface area contributed by atoms with Crippen LogP contribution in [0.4, 0.5) is 15.8 Å². The van der Waals surface area contributed by atoms with Crippen molar-refractivity contribution >= 4 is 34.5 Å². The van der Waals surface area contributed by atoms with E-state index in [4.69, 9.17) is 4.74 Å². The first-order chi connectivity index (χ1) is 14.5. The van der Waals surface area contributed by atoms with E-state index in [2.05, 4.69) is 10.3 Å². The number of carbonyl (C=O) groups excluding carboxylic acids is 2. The number of anilines is 2. The molecule has 0 unspecified atom stereocenters. The Bertz CT molecular complexity index is 1100. The molecule has 1 aliphatic rings. The van der Waals surface area contributed by atoms with Crippen molar-refractivity contribution in [2.75, 3.05) is 16.8 Å². The van der Waals surface area contributed by atoms with Gasteiger partial charge in [0.15, 0.2) is 0 Å². The van der Waals surface area contributed by atoms with E-state index in [9.17, 15) is 14.0 Å². The highest BCUT2D eigenvalue weighted by Crippen LogP contribution is 2.27. The summed E-state index contributed by atoms with van der Waals surface area (Å²) in [5.74, 6) is -0.467. The number of nitrogens with one attached hydrogen (secondary N) is 1. The van der Waals surface area contributed by atoms with Gasteiger partial charge < -0.3 is 15.0 Å². The molecule has 1 aliphatic heterocycles. The first-order valence-corrected chi connectivity index (χ1v) is 10.4. The predicted octanol–water partition coefficient (Wildman–Crippen LogP) is 4.55. The number of hydrogen-bond donors (Lipinski definition) is 1. The largest absolute Gasteiger partial charge is 0.487 e. The summed E-state index contributed by atoms with van der Waals surface area (Å²) in [4.78, 5) is 30.2. The molecule has 1 saturated heterocycles. The molecule has 30 heavy (non-hydrogen) atoms. The molecule has 0 aliphatic carbocycles. The normalized spacial score (nSPS) is 13.5. The van der Waals surface area contributed by atoms with Gasteiger partial charge in [-0.3, -0.25) is 9.59 Å². The standard InChI is InChI=1S/C22H20FN3O3S/c1-14-24-17(13-30-14)12-29-18-5-2-4-15(10-18)22(28)25-16-7-8-20(19(23)11-16)26-9-3-6-21(26)27/h2,4-5,7-8,10-11,13H,3,6,9,12H2,1H3,(H,25,28). The lowest BCUT2D eigenvalue weighted by Gasteiger charge is -2.17. The van der Waals surface area contributed by atoms with Crippen molar-refractivity contribution in [3.05, 3.63) is 69.9 Å². The van der Waals surface area contributed by atoms with Gasteiger partial charge in [-0.25, -0.2) is 9.37 Å². The Labute approximate surface area is 177 Å². The summed E-state index contributed by atoms with van der Waals surface area (Å²) in [5.41, 5.74) is 1.78. The lowest BCUT2D eigenvalue weighted by atomic mass is 10.2. The van der Waals surface area contributed by atoms with Gasteiger partial charge >= 0.3 is 0 Å². The van der Waals surface area contributed by atoms with Crippen molar-refractivity contribution in [2.24, 2.45) is 0 Å². The third kappa shape index (κ3) is 4.49. The number of ether oxygens (including phenoxy) is 1. The van der Waals surface area contributed by atoms with Gasteiger partial charge in [0.1, 0.15) is 18.2 Å². The van der Waals surface area contributed by atoms with Crippen molar-refractivity contribution in [3.8, 4) is 5.75 Å². The van der Waals surface area contributed by atoms with Crippen LogP contribution in [0.5, 0.6) is 5.75 Å². The summed E-state index contributed by atoms with van der Waals surface area (Å²) in [5, 5.41) is 5.58. The van der Waals surface area contributed by atoms with Gasteiger partial charge in [0.2, 0.25) is 5.91 Å². The van der Waals surface area contributed by atoms with Crippen molar-refractivity contribution in [1.82, 2.24) is 4.98 Å². The molecule has 8 heteroatoms. The van der Waals surface area contributed by atoms with E-state index in [1.54, 1.807) is 41.7 Å². The lowest BCUT2D eigenvalue weighted by molar-refractivity contribution is -0.117. The van der Waals surface area contributed by atoms with Crippen LogP contribution in [0.3, 0.4) is 0 Å². The van der Waals surface area contributed by atoms with E-state index in [1.165, 1.54) is 17.0 Å². The second kappa shape index (κ2) is 8.62. The van der Waals surface area contributed by atoms with Crippen LogP contribution in [0.15, 0.2) is 47.8 Å². The third-order valence-corrected chi connectivity index (χ3v) is 5.54. The van der Waals surface area contributed by atoms with Crippen LogP contribution < -0.4 is 15.0 Å². The lowest BCUT2D eigenvalue weighted by Crippen LogP contribution is -2.24. The van der Waals surface area contributed by atoms with Gasteiger partial charge in [0.25, 0.3) is 5.91 Å². The average Bonchev–Trinajstić information content (AvgIpc) is 3.35. The number of halogens is 1. The molecule has 2 amide bonds. The number of nitrogens with zero attached hydrogens (tertiary/aromatic N) is 2. The minimum absolute atomic E-state index is 0.0877. The van der Waals surface area contributed by atoms with Gasteiger partial charge in [0, 0.05) is 29.6 Å². The fraction of sp³-hybridized carbons (Fsp3) is 0.227. The highest BCUT2D eigenvalue weighted by molar-refractivity contribution is 7.09. The maximum Gasteiger partial charge on any atom is 0.255 e. The quantitative estimate of drug-likeness (QED) is 0.629. The van der Waals surface area contributed by atoms with Crippen molar-refractivity contribution < 1.29 is 18.7 Å². The number of amides is 2. The number of thiazole rings is 1. The average molecular weight is 425 g/mol. The second-order valence-corrected chi connectivity index (χ2v) is 8.01. The Balaban J connectivity index is 1.42. The van der Waals surface area contributed by atoms with Crippen molar-refractivity contribution in [1.29, 1.82) is 0 Å². The summed E-state index contributed by atoms with van der Waals surface area (Å²) in [6.07, 6.45) is 1.15. The van der Waals surface area contributed by atoms with Gasteiger partial charge in [-0.15, -0.1) is 11.3 Å². The summed E-state index contributed by atoms with van der Waals surface area (Å²) < 4.78 is 20.2. The number of hydrogen-bond acceptors (Lipinski definition) is 5. The van der Waals surface area contributed by atoms with Gasteiger partial charge in [-0.05, 0) is 49.7 Å². The fourth-order valence-electron chi connectivity index (χ4n) is 3.27. The van der Waals surface area contributed by atoms with Crippen LogP contribution in [0.2, 0.25) is 0 Å². The molecule has 6 nitrogen and oxygen atoms in total. The summed E-state index contributed by atoms with van der Waals surface area (Å²) >= 11 is 1.55. The molecular formula is C22H20FN3O3S. The predicted molar refractivity (Wildman–Crippen MR) is 114 cm³/mol. The first kappa shape index (κ1) is 20.0. The molecule has 2 heterocycles. The molecule has 0 radical (unpaired) electrons. The Morgan fingerprint density at radius 1 is 1.30 bits per heavy atom. The summed E-state index contributed by atoms with van der Waals surface area (Å²) in [6, 6.07) is 11.1. The molecule has 1 aromatic heterocycles. The minimum atomic E-state index is -0.543. The number of rotatable bonds is 6. The molecule has 0 saturated carbocycles. The number of carbonyl (C=O) groups is 2. The molecule has 4 rings (SSSR count). The third-order valence-electron chi connectivity index (χ3n) is 4.72. The topological polar surface area (TPSA) is 71.5 Å². The van der Waals surface area contributed by atoms with Crippen LogP contribution in [-0.2, 0) is 11.4 Å². The molecule has 0 bridgehead atoms. The van der Waals surface area contributed by atoms with E-state index in [1.807, 2.05) is 12.3 Å². The van der Waals surface area contributed by atoms with E-state index in [0.29, 0.717) is 36.6 Å². The van der Waals surface area contributed by atoms with E-state index >= 15 is 0 Å². The number of aryl methyl sites for hydroxylation is 1. The molecular weight excluding hydrogens is 405 g/mol. The number of benzene rings is 2. The van der Waals surface area contributed by atoms with Crippen LogP contribution in [0, 0.1) is 12.7 Å². The molecule has 1 fully saturated rings. The zero-order chi connectivity index (χ0) is 21.1. The van der Waals surface area contributed by atoms with E-state index in [0.717, 1.165) is 17.1 Å². The monoisotopic (exact) mass is 425 g/mol. The second-order valence-electron chi connectivity index (χ2n) is 6.94. The molecule has 2 aromatic carbocycles. The Morgan fingerprint density at radius 2 is 2.17 bits per heavy atom. The van der Waals surface area contributed by atoms with Gasteiger partial charge in [-0.2, -0.15) is 0 Å². The smallest absolute Gasteiger partial charge is 0.255 e. The number of aromatic nitrogens is 1. The zero-order valence-electron chi connectivity index (χ0n) is 16.4. The Hall–Kier alpha value is -3.26. The van der Waals surface area contributed by atoms with Crippen molar-refractivity contribution in [3.63, 3.8) is 0 Å². The van der Waals surface area contributed by atoms with Crippen LogP contribution in [0.1, 0.15) is 33.9 Å². The Kier molecular flexibility index (Phi) is 5.76. The van der Waals surface area contributed by atoms with Gasteiger partial charge in [-0.1, -0.05) is 6.07 Å². The summed E-state index contributed by atoms with van der Waals surface area (Å²) in [6.45, 7) is 2.75. The van der Waals surface area contributed by atoms with E-state index in [-0.39, 0.29) is 17.5 Å². The highest BCUT2D eigenvalue weighted by atomic mass is 32.1. The molecule has 0 spiro atoms. The summed E-state index contributed by atoms with van der Waals surface area (Å²) in [7, 11) is 0. The molecule has 1 N–H and O–H groups in total. The van der Waals surface area contributed by atoms with Gasteiger partial charge in [0.05, 0.1) is 16.4 Å². The highest BCUT2D eigenvalue weighted by Gasteiger charge is 2.24. The fourth-order valence-corrected chi connectivity index (χ4v) is 3.87. The first-order valence-electron chi connectivity index (χ1n) is 9.55.